The Morgan fingerprint density at radius 2 is 2.00 bits per heavy atom. The van der Waals surface area contributed by atoms with E-state index in [1.54, 1.807) is 0 Å². The molecule has 0 atom stereocenters. The highest BCUT2D eigenvalue weighted by molar-refractivity contribution is 9.08. The monoisotopic (exact) mass is 295 g/mol. The molecule has 1 amide bonds. The fraction of sp³-hybridized carbons (Fsp3) is 0.500. The van der Waals surface area contributed by atoms with Crippen molar-refractivity contribution in [3.63, 3.8) is 0 Å². The number of halogens is 1. The zero-order valence-corrected chi connectivity index (χ0v) is 11.5. The van der Waals surface area contributed by atoms with Gasteiger partial charge in [0.05, 0.1) is 0 Å². The molecule has 0 radical (unpaired) electrons. The molecule has 0 aromatic heterocycles. The van der Waals surface area contributed by atoms with Crippen molar-refractivity contribution in [2.75, 3.05) is 6.54 Å². The Bertz CT molecular complexity index is 370. The maximum Gasteiger partial charge on any atom is 0.251 e. The van der Waals surface area contributed by atoms with Gasteiger partial charge < -0.3 is 5.32 Å². The average molecular weight is 296 g/mol. The summed E-state index contributed by atoms with van der Waals surface area (Å²) in [7, 11) is 0. The molecule has 0 bridgehead atoms. The highest BCUT2D eigenvalue weighted by atomic mass is 79.9. The second-order valence-corrected chi connectivity index (χ2v) is 5.23. The quantitative estimate of drug-likeness (QED) is 0.632. The Kier molecular flexibility index (Phi) is 4.60. The minimum atomic E-state index is 0.0434. The van der Waals surface area contributed by atoms with E-state index in [2.05, 4.69) is 21.2 Å². The molecule has 1 fully saturated rings. The highest BCUT2D eigenvalue weighted by Crippen LogP contribution is 2.33. The maximum absolute atomic E-state index is 11.8. The lowest BCUT2D eigenvalue weighted by atomic mass is 10.1. The molecule has 0 saturated heterocycles. The van der Waals surface area contributed by atoms with Crippen LogP contribution in [0.3, 0.4) is 0 Å². The number of benzene rings is 1. The predicted octanol–water partition coefficient (Wildman–Crippen LogP) is 3.50. The Labute approximate surface area is 111 Å². The molecule has 2 rings (SSSR count). The van der Waals surface area contributed by atoms with Gasteiger partial charge in [0.15, 0.2) is 0 Å². The molecule has 0 heterocycles. The smallest absolute Gasteiger partial charge is 0.251 e. The Morgan fingerprint density at radius 3 is 2.59 bits per heavy atom. The van der Waals surface area contributed by atoms with Crippen molar-refractivity contribution in [2.24, 2.45) is 5.92 Å². The average Bonchev–Trinajstić information content (AvgIpc) is 3.18. The Balaban J connectivity index is 1.73. The topological polar surface area (TPSA) is 29.1 Å². The van der Waals surface area contributed by atoms with Gasteiger partial charge in [-0.2, -0.15) is 0 Å². The van der Waals surface area contributed by atoms with Gasteiger partial charge in [0.25, 0.3) is 5.91 Å². The number of alkyl halides is 1. The number of carbonyl (C=O) groups excluding carboxylic acids is 1. The highest BCUT2D eigenvalue weighted by Gasteiger charge is 2.20. The summed E-state index contributed by atoms with van der Waals surface area (Å²) in [4.78, 5) is 11.8. The number of nitrogens with one attached hydrogen (secondary N) is 1. The summed E-state index contributed by atoms with van der Waals surface area (Å²) in [5.41, 5.74) is 1.94. The third-order valence-electron chi connectivity index (χ3n) is 3.14. The summed E-state index contributed by atoms with van der Waals surface area (Å²) in [5.74, 6) is 0.993. The zero-order chi connectivity index (χ0) is 12.1. The first-order valence-electron chi connectivity index (χ1n) is 6.22. The van der Waals surface area contributed by atoms with Crippen LogP contribution in [0.2, 0.25) is 0 Å². The molecule has 1 saturated carbocycles. The SMILES string of the molecule is O=C(NCCCC1CC1)c1ccc(CBr)cc1. The minimum absolute atomic E-state index is 0.0434. The van der Waals surface area contributed by atoms with Crippen LogP contribution in [-0.4, -0.2) is 12.5 Å². The molecule has 1 aliphatic carbocycles. The van der Waals surface area contributed by atoms with Gasteiger partial charge in [-0.1, -0.05) is 40.9 Å². The van der Waals surface area contributed by atoms with Gasteiger partial charge >= 0.3 is 0 Å². The van der Waals surface area contributed by atoms with E-state index in [4.69, 9.17) is 0 Å². The summed E-state index contributed by atoms with van der Waals surface area (Å²) >= 11 is 3.39. The van der Waals surface area contributed by atoms with Crippen molar-refractivity contribution in [2.45, 2.75) is 31.0 Å². The molecule has 1 aliphatic rings. The first kappa shape index (κ1) is 12.6. The molecule has 2 nitrogen and oxygen atoms in total. The molecule has 92 valence electrons. The van der Waals surface area contributed by atoms with E-state index in [-0.39, 0.29) is 5.91 Å². The van der Waals surface area contributed by atoms with Crippen LogP contribution in [0.1, 0.15) is 41.6 Å². The lowest BCUT2D eigenvalue weighted by molar-refractivity contribution is 0.0953. The van der Waals surface area contributed by atoms with Crippen LogP contribution in [0.15, 0.2) is 24.3 Å². The predicted molar refractivity (Wildman–Crippen MR) is 73.4 cm³/mol. The maximum atomic E-state index is 11.8. The van der Waals surface area contributed by atoms with Crippen LogP contribution in [0.4, 0.5) is 0 Å². The van der Waals surface area contributed by atoms with Gasteiger partial charge in [-0.15, -0.1) is 0 Å². The van der Waals surface area contributed by atoms with E-state index in [0.29, 0.717) is 0 Å². The second-order valence-electron chi connectivity index (χ2n) is 4.67. The molecule has 0 unspecified atom stereocenters. The van der Waals surface area contributed by atoms with Gasteiger partial charge in [-0.3, -0.25) is 4.79 Å². The zero-order valence-electron chi connectivity index (χ0n) is 9.92. The van der Waals surface area contributed by atoms with Crippen molar-refractivity contribution in [1.29, 1.82) is 0 Å². The van der Waals surface area contributed by atoms with Gasteiger partial charge in [-0.25, -0.2) is 0 Å². The Morgan fingerprint density at radius 1 is 1.29 bits per heavy atom. The molecular formula is C14H18BrNO. The van der Waals surface area contributed by atoms with Gasteiger partial charge in [0, 0.05) is 17.4 Å². The Hall–Kier alpha value is -0.830. The summed E-state index contributed by atoms with van der Waals surface area (Å²) in [6, 6.07) is 7.72. The molecule has 0 aliphatic heterocycles. The standard InChI is InChI=1S/C14H18BrNO/c15-10-12-5-7-13(8-6-12)14(17)16-9-1-2-11-3-4-11/h5-8,11H,1-4,9-10H2,(H,16,17). The van der Waals surface area contributed by atoms with Crippen molar-refractivity contribution >= 4 is 21.8 Å². The summed E-state index contributed by atoms with van der Waals surface area (Å²) in [6.07, 6.45) is 5.16. The molecule has 1 aromatic carbocycles. The molecule has 17 heavy (non-hydrogen) atoms. The van der Waals surface area contributed by atoms with Crippen molar-refractivity contribution in [1.82, 2.24) is 5.32 Å². The molecule has 1 N–H and O–H groups in total. The van der Waals surface area contributed by atoms with Crippen molar-refractivity contribution in [3.05, 3.63) is 35.4 Å². The van der Waals surface area contributed by atoms with Gasteiger partial charge in [0.2, 0.25) is 0 Å². The van der Waals surface area contributed by atoms with Gasteiger partial charge in [0.1, 0.15) is 0 Å². The molecular weight excluding hydrogens is 278 g/mol. The van der Waals surface area contributed by atoms with Crippen LogP contribution < -0.4 is 5.32 Å². The van der Waals surface area contributed by atoms with Crippen LogP contribution in [0, 0.1) is 5.92 Å². The molecule has 0 spiro atoms. The number of carbonyl (C=O) groups is 1. The van der Waals surface area contributed by atoms with E-state index in [1.165, 1.54) is 24.8 Å². The van der Waals surface area contributed by atoms with Crippen molar-refractivity contribution in [3.8, 4) is 0 Å². The number of rotatable bonds is 6. The lowest BCUT2D eigenvalue weighted by Gasteiger charge is -2.05. The van der Waals surface area contributed by atoms with E-state index in [9.17, 15) is 4.79 Å². The first-order valence-corrected chi connectivity index (χ1v) is 7.35. The van der Waals surface area contributed by atoms with E-state index < -0.39 is 0 Å². The van der Waals surface area contributed by atoms with E-state index in [0.717, 1.165) is 29.8 Å². The van der Waals surface area contributed by atoms with Crippen LogP contribution in [0.25, 0.3) is 0 Å². The third kappa shape index (κ3) is 4.15. The summed E-state index contributed by atoms with van der Waals surface area (Å²) in [6.45, 7) is 0.801. The van der Waals surface area contributed by atoms with E-state index >= 15 is 0 Å². The molecule has 1 aromatic rings. The summed E-state index contributed by atoms with van der Waals surface area (Å²) < 4.78 is 0. The first-order chi connectivity index (χ1) is 8.29. The van der Waals surface area contributed by atoms with Crippen LogP contribution >= 0.6 is 15.9 Å². The van der Waals surface area contributed by atoms with Crippen LogP contribution in [-0.2, 0) is 5.33 Å². The number of hydrogen-bond acceptors (Lipinski definition) is 1. The van der Waals surface area contributed by atoms with Crippen molar-refractivity contribution < 1.29 is 4.79 Å². The normalized spacial score (nSPS) is 14.6. The number of hydrogen-bond donors (Lipinski definition) is 1. The largest absolute Gasteiger partial charge is 0.352 e. The lowest BCUT2D eigenvalue weighted by Crippen LogP contribution is -2.24. The van der Waals surface area contributed by atoms with Crippen LogP contribution in [0.5, 0.6) is 0 Å². The van der Waals surface area contributed by atoms with E-state index in [1.807, 2.05) is 24.3 Å². The fourth-order valence-electron chi connectivity index (χ4n) is 1.85. The van der Waals surface area contributed by atoms with Gasteiger partial charge in [-0.05, 0) is 36.5 Å². The fourth-order valence-corrected chi connectivity index (χ4v) is 2.22. The third-order valence-corrected chi connectivity index (χ3v) is 3.79. The second kappa shape index (κ2) is 6.20. The molecule has 3 heteroatoms. The number of amides is 1. The minimum Gasteiger partial charge on any atom is -0.352 e. The summed E-state index contributed by atoms with van der Waals surface area (Å²) in [5, 5.41) is 3.80.